The van der Waals surface area contributed by atoms with Gasteiger partial charge in [0, 0.05) is 22.7 Å². The summed E-state index contributed by atoms with van der Waals surface area (Å²) in [5.41, 5.74) is 1.26. The van der Waals surface area contributed by atoms with Gasteiger partial charge in [0.15, 0.2) is 0 Å². The summed E-state index contributed by atoms with van der Waals surface area (Å²) in [7, 11) is -0.996. The van der Waals surface area contributed by atoms with Crippen LogP contribution < -0.4 is 14.8 Å². The maximum absolute atomic E-state index is 12.1. The van der Waals surface area contributed by atoms with Gasteiger partial charge < -0.3 is 10.1 Å². The van der Waals surface area contributed by atoms with E-state index in [1.807, 2.05) is 0 Å². The van der Waals surface area contributed by atoms with E-state index in [9.17, 15) is 13.2 Å². The highest BCUT2D eigenvalue weighted by Crippen LogP contribution is 2.25. The van der Waals surface area contributed by atoms with E-state index in [2.05, 4.69) is 10.0 Å². The molecular weight excluding hydrogens is 411 g/mol. The smallest absolute Gasteiger partial charge is 0.244 e. The number of halogens is 2. The molecule has 2 N–H and O–H groups in total. The molecule has 0 spiro atoms. The van der Waals surface area contributed by atoms with Crippen molar-refractivity contribution in [2.75, 3.05) is 14.2 Å². The van der Waals surface area contributed by atoms with Gasteiger partial charge >= 0.3 is 0 Å². The molecule has 6 nitrogen and oxygen atoms in total. The van der Waals surface area contributed by atoms with Crippen molar-refractivity contribution >= 4 is 45.2 Å². The van der Waals surface area contributed by atoms with Gasteiger partial charge in [-0.05, 0) is 48.5 Å². The Morgan fingerprint density at radius 1 is 1.19 bits per heavy atom. The van der Waals surface area contributed by atoms with Gasteiger partial charge in [-0.25, -0.2) is 13.1 Å². The molecule has 0 bridgehead atoms. The van der Waals surface area contributed by atoms with Gasteiger partial charge in [-0.2, -0.15) is 0 Å². The molecule has 0 fully saturated rings. The number of carbonyl (C=O) groups excluding carboxylic acids is 1. The van der Waals surface area contributed by atoms with Gasteiger partial charge in [-0.15, -0.1) is 0 Å². The molecule has 27 heavy (non-hydrogen) atoms. The third-order valence-corrected chi connectivity index (χ3v) is 5.66. The SMILES string of the molecule is CNS(=O)(=O)c1cc(/C=C/C(=O)NCc2ccc(Cl)cc2Cl)ccc1OC. The second-order valence-electron chi connectivity index (χ2n) is 5.40. The zero-order chi connectivity index (χ0) is 20.0. The second-order valence-corrected chi connectivity index (χ2v) is 8.10. The maximum Gasteiger partial charge on any atom is 0.244 e. The minimum atomic E-state index is -3.69. The van der Waals surface area contributed by atoms with Crippen molar-refractivity contribution in [1.29, 1.82) is 0 Å². The zero-order valence-corrected chi connectivity index (χ0v) is 17.0. The Balaban J connectivity index is 2.10. The van der Waals surface area contributed by atoms with Crippen molar-refractivity contribution in [3.63, 3.8) is 0 Å². The Morgan fingerprint density at radius 3 is 2.56 bits per heavy atom. The third kappa shape index (κ3) is 5.71. The summed E-state index contributed by atoms with van der Waals surface area (Å²) in [5.74, 6) is -0.141. The molecule has 2 aromatic carbocycles. The maximum atomic E-state index is 12.1. The summed E-state index contributed by atoms with van der Waals surface area (Å²) >= 11 is 11.9. The number of rotatable bonds is 7. The summed E-state index contributed by atoms with van der Waals surface area (Å²) in [6.07, 6.45) is 2.81. The van der Waals surface area contributed by atoms with Crippen LogP contribution in [0.2, 0.25) is 10.0 Å². The number of carbonyl (C=O) groups is 1. The normalized spacial score (nSPS) is 11.6. The fourth-order valence-electron chi connectivity index (χ4n) is 2.20. The van der Waals surface area contributed by atoms with Crippen molar-refractivity contribution in [3.05, 3.63) is 63.6 Å². The average Bonchev–Trinajstić information content (AvgIpc) is 2.65. The fourth-order valence-corrected chi connectivity index (χ4v) is 3.60. The first-order valence-corrected chi connectivity index (χ1v) is 10.0. The Hall–Kier alpha value is -2.06. The predicted molar refractivity (Wildman–Crippen MR) is 107 cm³/mol. The molecule has 0 radical (unpaired) electrons. The van der Waals surface area contributed by atoms with E-state index in [0.29, 0.717) is 15.6 Å². The molecular formula is C18H18Cl2N2O4S. The van der Waals surface area contributed by atoms with Gasteiger partial charge in [0.1, 0.15) is 10.6 Å². The van der Waals surface area contributed by atoms with Crippen LogP contribution in [0.3, 0.4) is 0 Å². The largest absolute Gasteiger partial charge is 0.495 e. The molecule has 0 aliphatic heterocycles. The Labute approximate surface area is 168 Å². The van der Waals surface area contributed by atoms with Crippen LogP contribution >= 0.6 is 23.2 Å². The molecule has 0 unspecified atom stereocenters. The highest BCUT2D eigenvalue weighted by Gasteiger charge is 2.17. The van der Waals surface area contributed by atoms with E-state index >= 15 is 0 Å². The molecule has 9 heteroatoms. The third-order valence-electron chi connectivity index (χ3n) is 3.64. The average molecular weight is 429 g/mol. The van der Waals surface area contributed by atoms with E-state index < -0.39 is 10.0 Å². The van der Waals surface area contributed by atoms with Gasteiger partial charge in [0.25, 0.3) is 0 Å². The van der Waals surface area contributed by atoms with Crippen LogP contribution in [0.4, 0.5) is 0 Å². The van der Waals surface area contributed by atoms with E-state index in [1.165, 1.54) is 38.4 Å². The number of methoxy groups -OCH3 is 1. The van der Waals surface area contributed by atoms with E-state index in [-0.39, 0.29) is 23.1 Å². The molecule has 0 saturated carbocycles. The fraction of sp³-hybridized carbons (Fsp3) is 0.167. The lowest BCUT2D eigenvalue weighted by Crippen LogP contribution is -2.20. The van der Waals surface area contributed by atoms with E-state index in [1.54, 1.807) is 24.3 Å². The number of hydrogen-bond acceptors (Lipinski definition) is 4. The molecule has 0 heterocycles. The van der Waals surface area contributed by atoms with Crippen LogP contribution in [-0.2, 0) is 21.4 Å². The lowest BCUT2D eigenvalue weighted by molar-refractivity contribution is -0.116. The highest BCUT2D eigenvalue weighted by molar-refractivity contribution is 7.89. The number of amides is 1. The molecule has 2 aromatic rings. The first kappa shape index (κ1) is 21.2. The van der Waals surface area contributed by atoms with Crippen LogP contribution in [0.25, 0.3) is 6.08 Å². The van der Waals surface area contributed by atoms with Crippen molar-refractivity contribution in [3.8, 4) is 5.75 Å². The first-order valence-electron chi connectivity index (χ1n) is 7.78. The highest BCUT2D eigenvalue weighted by atomic mass is 35.5. The topological polar surface area (TPSA) is 84.5 Å². The van der Waals surface area contributed by atoms with Crippen LogP contribution in [0, 0.1) is 0 Å². The molecule has 1 amide bonds. The summed E-state index contributed by atoms with van der Waals surface area (Å²) in [5, 5.41) is 3.68. The number of nitrogens with one attached hydrogen (secondary N) is 2. The van der Waals surface area contributed by atoms with Gasteiger partial charge in [-0.3, -0.25) is 4.79 Å². The Kier molecular flexibility index (Phi) is 7.26. The van der Waals surface area contributed by atoms with Crippen LogP contribution in [0.15, 0.2) is 47.4 Å². The van der Waals surface area contributed by atoms with Crippen molar-refractivity contribution in [2.24, 2.45) is 0 Å². The monoisotopic (exact) mass is 428 g/mol. The number of hydrogen-bond donors (Lipinski definition) is 2. The molecule has 0 saturated heterocycles. The van der Waals surface area contributed by atoms with Crippen molar-refractivity contribution in [1.82, 2.24) is 10.0 Å². The van der Waals surface area contributed by atoms with Gasteiger partial charge in [-0.1, -0.05) is 35.3 Å². The summed E-state index contributed by atoms with van der Waals surface area (Å²) in [6, 6.07) is 9.60. The van der Waals surface area contributed by atoms with Crippen molar-refractivity contribution in [2.45, 2.75) is 11.4 Å². The van der Waals surface area contributed by atoms with Crippen LogP contribution in [0.5, 0.6) is 5.75 Å². The molecule has 2 rings (SSSR count). The summed E-state index contributed by atoms with van der Waals surface area (Å²) in [6.45, 7) is 0.237. The lowest BCUT2D eigenvalue weighted by Gasteiger charge is -2.09. The van der Waals surface area contributed by atoms with Crippen LogP contribution in [0.1, 0.15) is 11.1 Å². The van der Waals surface area contributed by atoms with Crippen molar-refractivity contribution < 1.29 is 17.9 Å². The molecule has 0 atom stereocenters. The minimum Gasteiger partial charge on any atom is -0.495 e. The minimum absolute atomic E-state index is 0.0111. The molecule has 0 aromatic heterocycles. The summed E-state index contributed by atoms with van der Waals surface area (Å²) < 4.78 is 31.5. The standard InChI is InChI=1S/C18H18Cl2N2O4S/c1-21-27(24,25)17-9-12(3-7-16(17)26-2)4-8-18(23)22-11-13-5-6-14(19)10-15(13)20/h3-10,21H,11H2,1-2H3,(H,22,23)/b8-4+. The lowest BCUT2D eigenvalue weighted by atomic mass is 10.2. The zero-order valence-electron chi connectivity index (χ0n) is 14.6. The predicted octanol–water partition coefficient (Wildman–Crippen LogP) is 3.24. The van der Waals surface area contributed by atoms with Gasteiger partial charge in [0.05, 0.1) is 7.11 Å². The Bertz CT molecular complexity index is 975. The second kappa shape index (κ2) is 9.23. The van der Waals surface area contributed by atoms with Gasteiger partial charge in [0.2, 0.25) is 15.9 Å². The molecule has 144 valence electrons. The number of ether oxygens (including phenoxy) is 1. The Morgan fingerprint density at radius 2 is 1.93 bits per heavy atom. The van der Waals surface area contributed by atoms with Crippen LogP contribution in [-0.4, -0.2) is 28.5 Å². The number of sulfonamides is 1. The first-order chi connectivity index (χ1) is 12.8. The summed E-state index contributed by atoms with van der Waals surface area (Å²) in [4.78, 5) is 12.0. The quantitative estimate of drug-likeness (QED) is 0.662. The molecule has 0 aliphatic rings. The van der Waals surface area contributed by atoms with E-state index in [4.69, 9.17) is 27.9 Å². The molecule has 0 aliphatic carbocycles. The number of benzene rings is 2. The van der Waals surface area contributed by atoms with E-state index in [0.717, 1.165) is 5.56 Å².